The van der Waals surface area contributed by atoms with Crippen LogP contribution in [-0.4, -0.2) is 62.1 Å². The zero-order chi connectivity index (χ0) is 16.3. The Balaban J connectivity index is 1.98. The van der Waals surface area contributed by atoms with E-state index in [1.807, 2.05) is 13.8 Å². The van der Waals surface area contributed by atoms with E-state index in [0.29, 0.717) is 23.3 Å². The maximum Gasteiger partial charge on any atom is 0.252 e. The van der Waals surface area contributed by atoms with Gasteiger partial charge < -0.3 is 10.0 Å². The Bertz CT molecular complexity index is 570. The number of aliphatic hydroxyl groups is 1. The van der Waals surface area contributed by atoms with E-state index in [1.54, 1.807) is 10.4 Å². The summed E-state index contributed by atoms with van der Waals surface area (Å²) in [6.07, 6.45) is 2.47. The first-order valence-corrected chi connectivity index (χ1v) is 10.00. The highest BCUT2D eigenvalue weighted by molar-refractivity contribution is 7.91. The smallest absolute Gasteiger partial charge is 0.252 e. The van der Waals surface area contributed by atoms with E-state index >= 15 is 0 Å². The van der Waals surface area contributed by atoms with Gasteiger partial charge in [0.1, 0.15) is 4.21 Å². The van der Waals surface area contributed by atoms with Crippen molar-refractivity contribution in [2.75, 3.05) is 33.3 Å². The molecule has 0 aliphatic carbocycles. The predicted molar refractivity (Wildman–Crippen MR) is 89.9 cm³/mol. The molecule has 5 nitrogen and oxygen atoms in total. The summed E-state index contributed by atoms with van der Waals surface area (Å²) in [4.78, 5) is 3.30. The fourth-order valence-corrected chi connectivity index (χ4v) is 5.96. The van der Waals surface area contributed by atoms with Gasteiger partial charge in [0.25, 0.3) is 10.0 Å². The molecule has 7 heteroatoms. The van der Waals surface area contributed by atoms with Gasteiger partial charge in [0.2, 0.25) is 0 Å². The molecule has 1 aromatic rings. The number of thiophene rings is 1. The van der Waals surface area contributed by atoms with Crippen molar-refractivity contribution in [3.05, 3.63) is 16.5 Å². The van der Waals surface area contributed by atoms with Crippen LogP contribution in [0.2, 0.25) is 0 Å². The van der Waals surface area contributed by atoms with Crippen molar-refractivity contribution in [2.45, 2.75) is 43.4 Å². The summed E-state index contributed by atoms with van der Waals surface area (Å²) < 4.78 is 27.5. The Kier molecular flexibility index (Phi) is 6.01. The van der Waals surface area contributed by atoms with Gasteiger partial charge in [-0.2, -0.15) is 4.31 Å². The minimum Gasteiger partial charge on any atom is -0.396 e. The monoisotopic (exact) mass is 346 g/mol. The first-order valence-electron chi connectivity index (χ1n) is 7.74. The van der Waals surface area contributed by atoms with Crippen LogP contribution in [-0.2, 0) is 10.0 Å². The largest absolute Gasteiger partial charge is 0.396 e. The Labute approximate surface area is 137 Å². The Morgan fingerprint density at radius 1 is 1.36 bits per heavy atom. The summed E-state index contributed by atoms with van der Waals surface area (Å²) >= 11 is 1.37. The Hall–Kier alpha value is -0.470. The standard InChI is InChI=1S/C15H26N2O3S2/c1-12-11-15(21-13(12)2)22(19,20)17-8-5-14(6-9-17)16(3)7-4-10-18/h11,14,18H,4-10H2,1-3H3. The molecule has 1 saturated heterocycles. The van der Waals surface area contributed by atoms with Crippen molar-refractivity contribution in [3.8, 4) is 0 Å². The van der Waals surface area contributed by atoms with Crippen LogP contribution in [0, 0.1) is 13.8 Å². The highest BCUT2D eigenvalue weighted by atomic mass is 32.2. The third-order valence-electron chi connectivity index (χ3n) is 4.45. The van der Waals surface area contributed by atoms with Gasteiger partial charge in [0.15, 0.2) is 0 Å². The van der Waals surface area contributed by atoms with Crippen molar-refractivity contribution in [1.29, 1.82) is 0 Å². The summed E-state index contributed by atoms with van der Waals surface area (Å²) in [5.74, 6) is 0. The Morgan fingerprint density at radius 2 is 2.00 bits per heavy atom. The normalized spacial score (nSPS) is 18.2. The Morgan fingerprint density at radius 3 is 2.50 bits per heavy atom. The quantitative estimate of drug-likeness (QED) is 0.854. The van der Waals surface area contributed by atoms with Gasteiger partial charge in [0.05, 0.1) is 0 Å². The average molecular weight is 347 g/mol. The lowest BCUT2D eigenvalue weighted by Gasteiger charge is -2.35. The highest BCUT2D eigenvalue weighted by Gasteiger charge is 2.31. The number of hydrogen-bond donors (Lipinski definition) is 1. The third kappa shape index (κ3) is 3.89. The van der Waals surface area contributed by atoms with E-state index in [-0.39, 0.29) is 6.61 Å². The minimum atomic E-state index is -3.34. The molecule has 1 aromatic heterocycles. The maximum absolute atomic E-state index is 12.7. The molecule has 0 saturated carbocycles. The number of piperidine rings is 1. The molecule has 2 heterocycles. The first-order chi connectivity index (χ1) is 10.4. The van der Waals surface area contributed by atoms with Gasteiger partial charge in [-0.25, -0.2) is 8.42 Å². The van der Waals surface area contributed by atoms with Crippen LogP contribution in [0.1, 0.15) is 29.7 Å². The summed E-state index contributed by atoms with van der Waals surface area (Å²) in [6, 6.07) is 2.19. The van der Waals surface area contributed by atoms with E-state index in [9.17, 15) is 8.42 Å². The van der Waals surface area contributed by atoms with Crippen molar-refractivity contribution >= 4 is 21.4 Å². The lowest BCUT2D eigenvalue weighted by Crippen LogP contribution is -2.45. The summed E-state index contributed by atoms with van der Waals surface area (Å²) in [6.45, 7) is 6.12. The van der Waals surface area contributed by atoms with Gasteiger partial charge in [-0.05, 0) is 51.8 Å². The lowest BCUT2D eigenvalue weighted by molar-refractivity contribution is 0.155. The number of aliphatic hydroxyl groups excluding tert-OH is 1. The topological polar surface area (TPSA) is 60.9 Å². The van der Waals surface area contributed by atoms with Crippen molar-refractivity contribution in [3.63, 3.8) is 0 Å². The maximum atomic E-state index is 12.7. The molecule has 1 aliphatic rings. The molecule has 0 atom stereocenters. The summed E-state index contributed by atoms with van der Waals surface area (Å²) in [5.41, 5.74) is 1.04. The number of nitrogens with zero attached hydrogens (tertiary/aromatic N) is 2. The molecule has 1 fully saturated rings. The molecule has 0 unspecified atom stereocenters. The van der Waals surface area contributed by atoms with Crippen LogP contribution in [0.5, 0.6) is 0 Å². The van der Waals surface area contributed by atoms with Crippen molar-refractivity contribution in [2.24, 2.45) is 0 Å². The predicted octanol–water partition coefficient (Wildman–Crippen LogP) is 1.83. The molecule has 0 bridgehead atoms. The van der Waals surface area contributed by atoms with Crippen LogP contribution in [0.4, 0.5) is 0 Å². The second-order valence-corrected chi connectivity index (χ2v) is 9.42. The summed E-state index contributed by atoms with van der Waals surface area (Å²) in [7, 11) is -1.28. The highest BCUT2D eigenvalue weighted by Crippen LogP contribution is 2.29. The molecule has 1 aliphatic heterocycles. The van der Waals surface area contributed by atoms with Gasteiger partial charge in [-0.15, -0.1) is 11.3 Å². The van der Waals surface area contributed by atoms with E-state index < -0.39 is 10.0 Å². The van der Waals surface area contributed by atoms with Crippen molar-refractivity contribution in [1.82, 2.24) is 9.21 Å². The minimum absolute atomic E-state index is 0.203. The molecule has 126 valence electrons. The van der Waals surface area contributed by atoms with E-state index in [0.717, 1.165) is 36.2 Å². The van der Waals surface area contributed by atoms with E-state index in [2.05, 4.69) is 11.9 Å². The van der Waals surface area contributed by atoms with Crippen molar-refractivity contribution < 1.29 is 13.5 Å². The number of hydrogen-bond acceptors (Lipinski definition) is 5. The molecule has 0 aromatic carbocycles. The van der Waals surface area contributed by atoms with Crippen LogP contribution in [0.3, 0.4) is 0 Å². The zero-order valence-electron chi connectivity index (χ0n) is 13.6. The molecule has 22 heavy (non-hydrogen) atoms. The lowest BCUT2D eigenvalue weighted by atomic mass is 10.1. The summed E-state index contributed by atoms with van der Waals surface area (Å²) in [5, 5.41) is 8.90. The fraction of sp³-hybridized carbons (Fsp3) is 0.733. The molecule has 2 rings (SSSR count). The number of sulfonamides is 1. The van der Waals surface area contributed by atoms with Gasteiger partial charge in [-0.3, -0.25) is 0 Å². The molecule has 1 N–H and O–H groups in total. The van der Waals surface area contributed by atoms with Gasteiger partial charge in [-0.1, -0.05) is 0 Å². The van der Waals surface area contributed by atoms with Gasteiger partial charge in [0, 0.05) is 37.2 Å². The fourth-order valence-electron chi connectivity index (χ4n) is 2.82. The van der Waals surface area contributed by atoms with Crippen LogP contribution in [0.15, 0.2) is 10.3 Å². The number of aryl methyl sites for hydroxylation is 2. The van der Waals surface area contributed by atoms with Gasteiger partial charge >= 0.3 is 0 Å². The second-order valence-electron chi connectivity index (χ2n) is 6.00. The zero-order valence-corrected chi connectivity index (χ0v) is 15.2. The number of rotatable bonds is 6. The van der Waals surface area contributed by atoms with Crippen LogP contribution in [0.25, 0.3) is 0 Å². The van der Waals surface area contributed by atoms with Crippen LogP contribution >= 0.6 is 11.3 Å². The SMILES string of the molecule is Cc1cc(S(=O)(=O)N2CCC(N(C)CCCO)CC2)sc1C. The first kappa shape index (κ1) is 17.9. The van der Waals surface area contributed by atoms with E-state index in [4.69, 9.17) is 5.11 Å². The molecule has 0 spiro atoms. The average Bonchev–Trinajstić information content (AvgIpc) is 2.85. The third-order valence-corrected chi connectivity index (χ3v) is 7.95. The van der Waals surface area contributed by atoms with Crippen LogP contribution < -0.4 is 0 Å². The van der Waals surface area contributed by atoms with E-state index in [1.165, 1.54) is 11.3 Å². The molecular weight excluding hydrogens is 320 g/mol. The molecule has 0 radical (unpaired) electrons. The second kappa shape index (κ2) is 7.40. The molecule has 0 amide bonds. The molecular formula is C15H26N2O3S2.